The van der Waals surface area contributed by atoms with Crippen LogP contribution in [0.25, 0.3) is 0 Å². The van der Waals surface area contributed by atoms with Crippen LogP contribution in [0.3, 0.4) is 0 Å². The maximum Gasteiger partial charge on any atom is 0.338 e. The molecule has 1 aliphatic rings. The third-order valence-electron chi connectivity index (χ3n) is 4.05. The van der Waals surface area contributed by atoms with Crippen LogP contribution in [0, 0.1) is 11.3 Å². The van der Waals surface area contributed by atoms with Gasteiger partial charge in [-0.05, 0) is 29.8 Å². The summed E-state index contributed by atoms with van der Waals surface area (Å²) in [7, 11) is 0. The van der Waals surface area contributed by atoms with Gasteiger partial charge in [0.2, 0.25) is 0 Å². The van der Waals surface area contributed by atoms with Crippen LogP contribution in [0.15, 0.2) is 54.6 Å². The Morgan fingerprint density at radius 3 is 2.36 bits per heavy atom. The van der Waals surface area contributed by atoms with Gasteiger partial charge in [0, 0.05) is 17.9 Å². The highest BCUT2D eigenvalue weighted by molar-refractivity contribution is 6.30. The number of carbonyl (C=O) groups is 1. The van der Waals surface area contributed by atoms with Crippen LogP contribution in [0.1, 0.15) is 28.8 Å². The molecule has 110 valence electrons. The van der Waals surface area contributed by atoms with Crippen molar-refractivity contribution < 1.29 is 9.53 Å². The molecule has 0 aliphatic heterocycles. The van der Waals surface area contributed by atoms with Crippen molar-refractivity contribution in [1.82, 2.24) is 0 Å². The van der Waals surface area contributed by atoms with Gasteiger partial charge >= 0.3 is 5.97 Å². The van der Waals surface area contributed by atoms with Crippen molar-refractivity contribution in [2.45, 2.75) is 24.4 Å². The SMILES string of the molecule is N#C[C@]1(c2ccc(Cl)cc2)C[C@H](OC(=O)c2ccccc2)C1. The molecule has 3 nitrogen and oxygen atoms in total. The van der Waals surface area contributed by atoms with Crippen LogP contribution in [0.5, 0.6) is 0 Å². The number of ether oxygens (including phenoxy) is 1. The molecule has 0 atom stereocenters. The minimum Gasteiger partial charge on any atom is -0.459 e. The standard InChI is InChI=1S/C18H14ClNO2/c19-15-8-6-14(7-9-15)18(12-20)10-16(11-18)22-17(21)13-4-2-1-3-5-13/h1-9,16H,10-11H2/t16-,18-. The summed E-state index contributed by atoms with van der Waals surface area (Å²) in [6.07, 6.45) is 0.816. The van der Waals surface area contributed by atoms with E-state index in [2.05, 4.69) is 6.07 Å². The van der Waals surface area contributed by atoms with Crippen LogP contribution in [0.2, 0.25) is 5.02 Å². The zero-order valence-corrected chi connectivity index (χ0v) is 12.6. The van der Waals surface area contributed by atoms with Gasteiger partial charge in [0.25, 0.3) is 0 Å². The number of carbonyl (C=O) groups excluding carboxylic acids is 1. The Kier molecular flexibility index (Phi) is 3.87. The largest absolute Gasteiger partial charge is 0.459 e. The van der Waals surface area contributed by atoms with Crippen LogP contribution < -0.4 is 0 Å². The molecule has 0 radical (unpaired) electrons. The first kappa shape index (κ1) is 14.6. The van der Waals surface area contributed by atoms with Gasteiger partial charge in [0.1, 0.15) is 6.10 Å². The van der Waals surface area contributed by atoms with E-state index in [4.69, 9.17) is 16.3 Å². The van der Waals surface area contributed by atoms with Crippen molar-refractivity contribution in [3.05, 3.63) is 70.7 Å². The maximum absolute atomic E-state index is 12.0. The predicted molar refractivity (Wildman–Crippen MR) is 83.6 cm³/mol. The van der Waals surface area contributed by atoms with E-state index in [0.29, 0.717) is 23.4 Å². The lowest BCUT2D eigenvalue weighted by Crippen LogP contribution is -2.45. The van der Waals surface area contributed by atoms with Gasteiger partial charge in [-0.15, -0.1) is 0 Å². The first-order valence-corrected chi connectivity index (χ1v) is 7.44. The number of halogens is 1. The summed E-state index contributed by atoms with van der Waals surface area (Å²) in [6, 6.07) is 18.5. The summed E-state index contributed by atoms with van der Waals surface area (Å²) in [5, 5.41) is 10.1. The quantitative estimate of drug-likeness (QED) is 0.801. The Morgan fingerprint density at radius 1 is 1.14 bits per heavy atom. The van der Waals surface area contributed by atoms with Gasteiger partial charge in [0.05, 0.1) is 17.0 Å². The zero-order valence-electron chi connectivity index (χ0n) is 11.8. The highest BCUT2D eigenvalue weighted by Crippen LogP contribution is 2.45. The van der Waals surface area contributed by atoms with Crippen molar-refractivity contribution in [3.8, 4) is 6.07 Å². The topological polar surface area (TPSA) is 50.1 Å². The average Bonchev–Trinajstić information content (AvgIpc) is 2.52. The Morgan fingerprint density at radius 2 is 1.77 bits per heavy atom. The molecular weight excluding hydrogens is 298 g/mol. The molecule has 1 aliphatic carbocycles. The van der Waals surface area contributed by atoms with Gasteiger partial charge in [-0.3, -0.25) is 0 Å². The van der Waals surface area contributed by atoms with Crippen LogP contribution in [-0.4, -0.2) is 12.1 Å². The molecule has 22 heavy (non-hydrogen) atoms. The normalized spacial score (nSPS) is 23.2. The number of hydrogen-bond donors (Lipinski definition) is 0. The number of nitrogens with zero attached hydrogens (tertiary/aromatic N) is 1. The third-order valence-corrected chi connectivity index (χ3v) is 4.30. The second-order valence-corrected chi connectivity index (χ2v) is 5.94. The number of nitriles is 1. The Balaban J connectivity index is 1.66. The molecule has 3 rings (SSSR count). The monoisotopic (exact) mass is 311 g/mol. The maximum atomic E-state index is 12.0. The van der Waals surface area contributed by atoms with Crippen molar-refractivity contribution >= 4 is 17.6 Å². The minimum atomic E-state index is -0.577. The van der Waals surface area contributed by atoms with Crippen LogP contribution in [0.4, 0.5) is 0 Å². The third kappa shape index (κ3) is 2.70. The molecule has 0 amide bonds. The lowest BCUT2D eigenvalue weighted by atomic mass is 9.63. The fraction of sp³-hybridized carbons (Fsp3) is 0.222. The first-order valence-electron chi connectivity index (χ1n) is 7.06. The number of rotatable bonds is 3. The average molecular weight is 312 g/mol. The smallest absolute Gasteiger partial charge is 0.338 e. The van der Waals surface area contributed by atoms with Crippen molar-refractivity contribution in [2.24, 2.45) is 0 Å². The van der Waals surface area contributed by atoms with E-state index in [9.17, 15) is 10.1 Å². The highest BCUT2D eigenvalue weighted by Gasteiger charge is 2.48. The molecular formula is C18H14ClNO2. The van der Waals surface area contributed by atoms with Crippen molar-refractivity contribution in [3.63, 3.8) is 0 Å². The molecule has 0 unspecified atom stereocenters. The summed E-state index contributed by atoms with van der Waals surface area (Å²) >= 11 is 5.88. The van der Waals surface area contributed by atoms with Gasteiger partial charge in [0.15, 0.2) is 0 Å². The number of hydrogen-bond acceptors (Lipinski definition) is 3. The van der Waals surface area contributed by atoms with Crippen molar-refractivity contribution in [1.29, 1.82) is 5.26 Å². The summed E-state index contributed by atoms with van der Waals surface area (Å²) in [5.41, 5.74) is 0.876. The van der Waals surface area contributed by atoms with E-state index in [1.165, 1.54) is 0 Å². The van der Waals surface area contributed by atoms with E-state index in [0.717, 1.165) is 5.56 Å². The predicted octanol–water partition coefficient (Wildman–Crippen LogP) is 4.12. The Bertz CT molecular complexity index is 713. The fourth-order valence-corrected chi connectivity index (χ4v) is 2.88. The minimum absolute atomic E-state index is 0.219. The van der Waals surface area contributed by atoms with E-state index >= 15 is 0 Å². The molecule has 1 fully saturated rings. The van der Waals surface area contributed by atoms with Gasteiger partial charge in [-0.2, -0.15) is 5.26 Å². The molecule has 0 aromatic heterocycles. The molecule has 1 saturated carbocycles. The molecule has 2 aromatic rings. The van der Waals surface area contributed by atoms with E-state index in [-0.39, 0.29) is 12.1 Å². The summed E-state index contributed by atoms with van der Waals surface area (Å²) in [5.74, 6) is -0.340. The summed E-state index contributed by atoms with van der Waals surface area (Å²) in [4.78, 5) is 12.0. The summed E-state index contributed by atoms with van der Waals surface area (Å²) in [6.45, 7) is 0. The molecule has 4 heteroatoms. The number of esters is 1. The molecule has 0 N–H and O–H groups in total. The van der Waals surface area contributed by atoms with E-state index < -0.39 is 5.41 Å². The molecule has 0 spiro atoms. The second-order valence-electron chi connectivity index (χ2n) is 5.50. The van der Waals surface area contributed by atoms with Crippen LogP contribution in [-0.2, 0) is 10.2 Å². The lowest BCUT2D eigenvalue weighted by Gasteiger charge is -2.42. The molecule has 0 bridgehead atoms. The number of benzene rings is 2. The summed E-state index contributed by atoms with van der Waals surface area (Å²) < 4.78 is 5.46. The zero-order chi connectivity index (χ0) is 15.6. The van der Waals surface area contributed by atoms with Crippen LogP contribution >= 0.6 is 11.6 Å². The highest BCUT2D eigenvalue weighted by atomic mass is 35.5. The first-order chi connectivity index (χ1) is 10.6. The molecule has 0 heterocycles. The van der Waals surface area contributed by atoms with Gasteiger partial charge < -0.3 is 4.74 Å². The second kappa shape index (κ2) is 5.82. The lowest BCUT2D eigenvalue weighted by molar-refractivity contribution is -0.0102. The molecule has 0 saturated heterocycles. The van der Waals surface area contributed by atoms with E-state index in [1.807, 2.05) is 18.2 Å². The fourth-order valence-electron chi connectivity index (χ4n) is 2.75. The Hall–Kier alpha value is -2.31. The van der Waals surface area contributed by atoms with Gasteiger partial charge in [-0.25, -0.2) is 4.79 Å². The van der Waals surface area contributed by atoms with Crippen molar-refractivity contribution in [2.75, 3.05) is 0 Å². The molecule has 2 aromatic carbocycles. The Labute approximate surface area is 134 Å². The van der Waals surface area contributed by atoms with E-state index in [1.54, 1.807) is 36.4 Å². The van der Waals surface area contributed by atoms with Gasteiger partial charge in [-0.1, -0.05) is 41.9 Å².